The van der Waals surface area contributed by atoms with Crippen LogP contribution in [0.5, 0.6) is 0 Å². The highest BCUT2D eigenvalue weighted by atomic mass is 35.5. The minimum Gasteiger partial charge on any atom is -0.455 e. The van der Waals surface area contributed by atoms with E-state index in [2.05, 4.69) is 4.98 Å². The van der Waals surface area contributed by atoms with E-state index >= 15 is 0 Å². The topological polar surface area (TPSA) is 149 Å². The minimum atomic E-state index is -1.14. The maximum atomic E-state index is 13.8. The van der Waals surface area contributed by atoms with E-state index in [4.69, 9.17) is 45.4 Å². The SMILES string of the molecule is COCC(=N)[C@H]1OC(=O)[C@H](COC)[C@H]2C=C[C@H]3[C@H]4O[C@]2(/C(C)=C/[C@H]1C)[C@@H]3[C@H](O)[C@@H](COC)[C@H]4OC(=O)c1cc(Cl)c[nH]1. The molecule has 0 unspecified atom stereocenters. The molecule has 0 aromatic carbocycles. The maximum Gasteiger partial charge on any atom is 0.355 e. The van der Waals surface area contributed by atoms with Crippen molar-refractivity contribution in [2.75, 3.05) is 41.2 Å². The molecule has 1 saturated carbocycles. The molecule has 1 aromatic rings. The number of halogens is 1. The lowest BCUT2D eigenvalue weighted by Gasteiger charge is -2.49. The van der Waals surface area contributed by atoms with Gasteiger partial charge in [-0.2, -0.15) is 0 Å². The number of aromatic nitrogens is 1. The average Bonchev–Trinajstić information content (AvgIpc) is 3.47. The average molecular weight is 607 g/mol. The highest BCUT2D eigenvalue weighted by Gasteiger charge is 2.71. The van der Waals surface area contributed by atoms with Crippen LogP contribution in [0.15, 0.2) is 36.1 Å². The van der Waals surface area contributed by atoms with Crippen LogP contribution >= 0.6 is 11.6 Å². The number of hydrogen-bond donors (Lipinski definition) is 3. The van der Waals surface area contributed by atoms with Gasteiger partial charge >= 0.3 is 11.9 Å². The zero-order chi connectivity index (χ0) is 30.3. The number of methoxy groups -OCH3 is 3. The van der Waals surface area contributed by atoms with E-state index in [1.807, 2.05) is 32.1 Å². The van der Waals surface area contributed by atoms with Gasteiger partial charge in [-0.05, 0) is 18.6 Å². The molecule has 0 radical (unpaired) electrons. The summed E-state index contributed by atoms with van der Waals surface area (Å²) in [5.41, 5.74) is -0.0201. The first kappa shape index (κ1) is 30.9. The van der Waals surface area contributed by atoms with Gasteiger partial charge in [0.25, 0.3) is 0 Å². The van der Waals surface area contributed by atoms with Crippen molar-refractivity contribution in [2.45, 2.75) is 43.9 Å². The molecule has 1 saturated heterocycles. The monoisotopic (exact) mass is 606 g/mol. The van der Waals surface area contributed by atoms with E-state index in [0.717, 1.165) is 5.57 Å². The zero-order valence-electron chi connectivity index (χ0n) is 24.4. The summed E-state index contributed by atoms with van der Waals surface area (Å²) < 4.78 is 35.2. The number of esters is 2. The van der Waals surface area contributed by atoms with Crippen LogP contribution in [0.1, 0.15) is 24.3 Å². The lowest BCUT2D eigenvalue weighted by Crippen LogP contribution is -2.59. The van der Waals surface area contributed by atoms with Crippen molar-refractivity contribution < 1.29 is 43.1 Å². The molecule has 42 heavy (non-hydrogen) atoms. The largest absolute Gasteiger partial charge is 0.455 e. The molecule has 0 amide bonds. The van der Waals surface area contributed by atoms with Crippen molar-refractivity contribution in [2.24, 2.45) is 35.5 Å². The number of carbonyl (C=O) groups excluding carboxylic acids is 2. The maximum absolute atomic E-state index is 13.8. The summed E-state index contributed by atoms with van der Waals surface area (Å²) in [6.07, 6.45) is 4.01. The standard InChI is InChI=1S/C30H39ClN2O9/c1-14-8-15(2)30-20(18(11-37-3)28(35)40-25(14)21(32)13-39-5)7-6-17-23(30)24(34)19(12-38-4)26(27(17)42-30)41-29(36)22-9-16(31)10-33-22/h6-10,14,17-20,23-27,32-34H,11-13H2,1-5H3/b15-8+,32-21?/t14-,17-,18-,19-,20-,23+,24-,25+,26-,27-,30+/m1/s1. The van der Waals surface area contributed by atoms with Crippen LogP contribution in [0.2, 0.25) is 5.02 Å². The molecular formula is C30H39ClN2O9. The molecule has 1 spiro atoms. The molecule has 2 fully saturated rings. The Bertz CT molecular complexity index is 1260. The second-order valence-electron chi connectivity index (χ2n) is 11.7. The number of ether oxygens (including phenoxy) is 6. The summed E-state index contributed by atoms with van der Waals surface area (Å²) in [4.78, 5) is 29.8. The van der Waals surface area contributed by atoms with E-state index in [1.54, 1.807) is 0 Å². The molecule has 4 aliphatic rings. The summed E-state index contributed by atoms with van der Waals surface area (Å²) in [6, 6.07) is 1.48. The Balaban J connectivity index is 1.61. The normalized spacial score (nSPS) is 40.2. The molecule has 3 N–H and O–H groups in total. The van der Waals surface area contributed by atoms with Crippen LogP contribution in [-0.4, -0.2) is 98.9 Å². The number of aliphatic hydroxyl groups is 1. The molecule has 2 aliphatic heterocycles. The van der Waals surface area contributed by atoms with Crippen LogP contribution < -0.4 is 0 Å². The van der Waals surface area contributed by atoms with E-state index in [0.29, 0.717) is 5.02 Å². The van der Waals surface area contributed by atoms with Crippen LogP contribution in [0.25, 0.3) is 0 Å². The van der Waals surface area contributed by atoms with Gasteiger partial charge in [0.05, 0.1) is 42.6 Å². The van der Waals surface area contributed by atoms with Crippen LogP contribution in [-0.2, 0) is 33.2 Å². The molecule has 11 atom stereocenters. The van der Waals surface area contributed by atoms with Crippen molar-refractivity contribution in [3.63, 3.8) is 0 Å². The zero-order valence-corrected chi connectivity index (χ0v) is 25.1. The van der Waals surface area contributed by atoms with E-state index < -0.39 is 65.6 Å². The number of aromatic amines is 1. The van der Waals surface area contributed by atoms with Crippen molar-refractivity contribution >= 4 is 29.3 Å². The number of H-pyrrole nitrogens is 1. The third-order valence-corrected chi connectivity index (χ3v) is 9.47. The Hall–Kier alpha value is -2.54. The van der Waals surface area contributed by atoms with Gasteiger partial charge in [-0.1, -0.05) is 36.8 Å². The van der Waals surface area contributed by atoms with Gasteiger partial charge in [-0.3, -0.25) is 4.79 Å². The fourth-order valence-corrected chi connectivity index (χ4v) is 7.75. The summed E-state index contributed by atoms with van der Waals surface area (Å²) in [5, 5.41) is 21.0. The number of hydrogen-bond acceptors (Lipinski definition) is 10. The number of carbonyl (C=O) groups is 2. The Morgan fingerprint density at radius 2 is 1.93 bits per heavy atom. The molecule has 5 rings (SSSR count). The Morgan fingerprint density at radius 3 is 2.57 bits per heavy atom. The van der Waals surface area contributed by atoms with Gasteiger partial charge in [0.2, 0.25) is 0 Å². The first-order chi connectivity index (χ1) is 20.1. The fraction of sp³-hybridized carbons (Fsp3) is 0.633. The Kier molecular flexibility index (Phi) is 8.99. The van der Waals surface area contributed by atoms with Crippen LogP contribution in [0, 0.1) is 40.9 Å². The molecule has 4 bridgehead atoms. The predicted octanol–water partition coefficient (Wildman–Crippen LogP) is 2.82. The number of nitrogens with one attached hydrogen (secondary N) is 2. The number of aliphatic hydroxyl groups excluding tert-OH is 1. The first-order valence-electron chi connectivity index (χ1n) is 14.1. The lowest BCUT2D eigenvalue weighted by atomic mass is 9.56. The second-order valence-corrected chi connectivity index (χ2v) is 12.1. The first-order valence-corrected chi connectivity index (χ1v) is 14.5. The fourth-order valence-electron chi connectivity index (χ4n) is 7.59. The molecule has 230 valence electrons. The van der Waals surface area contributed by atoms with Gasteiger partial charge in [0.15, 0.2) is 0 Å². The highest BCUT2D eigenvalue weighted by molar-refractivity contribution is 6.30. The van der Waals surface area contributed by atoms with E-state index in [1.165, 1.54) is 33.6 Å². The van der Waals surface area contributed by atoms with Gasteiger partial charge in [0, 0.05) is 57.1 Å². The molecule has 11 nitrogen and oxygen atoms in total. The number of rotatable bonds is 9. The minimum absolute atomic E-state index is 0.0123. The van der Waals surface area contributed by atoms with Crippen molar-refractivity contribution in [3.8, 4) is 0 Å². The third kappa shape index (κ3) is 5.03. The van der Waals surface area contributed by atoms with Crippen molar-refractivity contribution in [1.82, 2.24) is 4.98 Å². The third-order valence-electron chi connectivity index (χ3n) is 9.25. The summed E-state index contributed by atoms with van der Waals surface area (Å²) in [7, 11) is 4.53. The predicted molar refractivity (Wildman–Crippen MR) is 151 cm³/mol. The Morgan fingerprint density at radius 1 is 1.19 bits per heavy atom. The Labute approximate surface area is 250 Å². The molecule has 3 heterocycles. The molecule has 2 aliphatic carbocycles. The molecule has 1 aromatic heterocycles. The van der Waals surface area contributed by atoms with Crippen LogP contribution in [0.3, 0.4) is 0 Å². The summed E-state index contributed by atoms with van der Waals surface area (Å²) in [6.45, 7) is 3.98. The molecule has 12 heteroatoms. The summed E-state index contributed by atoms with van der Waals surface area (Å²) in [5.74, 6) is -4.29. The van der Waals surface area contributed by atoms with E-state index in [-0.39, 0.29) is 43.1 Å². The lowest BCUT2D eigenvalue weighted by molar-refractivity contribution is -0.162. The quantitative estimate of drug-likeness (QED) is 0.219. The van der Waals surface area contributed by atoms with Crippen molar-refractivity contribution in [3.05, 3.63) is 46.8 Å². The van der Waals surface area contributed by atoms with Crippen molar-refractivity contribution in [1.29, 1.82) is 5.41 Å². The van der Waals surface area contributed by atoms with Gasteiger partial charge < -0.3 is 43.9 Å². The second kappa shape index (κ2) is 12.2. The highest BCUT2D eigenvalue weighted by Crippen LogP contribution is 2.62. The molecular weight excluding hydrogens is 568 g/mol. The van der Waals surface area contributed by atoms with Gasteiger partial charge in [-0.15, -0.1) is 0 Å². The summed E-state index contributed by atoms with van der Waals surface area (Å²) >= 11 is 6.02. The van der Waals surface area contributed by atoms with Gasteiger partial charge in [-0.25, -0.2) is 4.79 Å². The van der Waals surface area contributed by atoms with Gasteiger partial charge in [0.1, 0.15) is 29.6 Å². The van der Waals surface area contributed by atoms with Crippen LogP contribution in [0.4, 0.5) is 0 Å². The van der Waals surface area contributed by atoms with E-state index in [9.17, 15) is 14.7 Å². The smallest absolute Gasteiger partial charge is 0.355 e. The number of cyclic esters (lactones) is 1.